The summed E-state index contributed by atoms with van der Waals surface area (Å²) in [5.41, 5.74) is 1.65. The Balaban J connectivity index is 1.82. The summed E-state index contributed by atoms with van der Waals surface area (Å²) >= 11 is 6.10. The molecule has 0 saturated heterocycles. The Morgan fingerprint density at radius 2 is 1.95 bits per heavy atom. The first-order valence-electron chi connectivity index (χ1n) is 7.02. The van der Waals surface area contributed by atoms with Crippen LogP contribution in [0.2, 0.25) is 5.02 Å². The molecule has 0 heterocycles. The van der Waals surface area contributed by atoms with Crippen molar-refractivity contribution in [2.45, 2.75) is 6.92 Å². The number of carbonyl (C=O) groups is 1. The number of hydrogen-bond donors (Lipinski definition) is 1. The third-order valence-electron chi connectivity index (χ3n) is 3.15. The van der Waals surface area contributed by atoms with Crippen LogP contribution in [0.3, 0.4) is 0 Å². The van der Waals surface area contributed by atoms with E-state index in [0.29, 0.717) is 23.9 Å². The number of hydrogen-bond acceptors (Lipinski definition) is 2. The van der Waals surface area contributed by atoms with Crippen molar-refractivity contribution in [1.82, 2.24) is 4.90 Å². The molecule has 1 N–H and O–H groups in total. The van der Waals surface area contributed by atoms with Crippen LogP contribution in [-0.4, -0.2) is 31.1 Å². The topological polar surface area (TPSA) is 41.6 Å². The van der Waals surface area contributed by atoms with Gasteiger partial charge in [-0.1, -0.05) is 35.9 Å². The Labute approximate surface area is 135 Å². The number of anilines is 1. The van der Waals surface area contributed by atoms with Gasteiger partial charge in [-0.3, -0.25) is 0 Å². The maximum absolute atomic E-state index is 12.1. The van der Waals surface area contributed by atoms with Gasteiger partial charge in [-0.05, 0) is 36.8 Å². The smallest absolute Gasteiger partial charge is 0.321 e. The van der Waals surface area contributed by atoms with Crippen LogP contribution >= 0.6 is 11.6 Å². The molecule has 0 atom stereocenters. The molecule has 0 aliphatic rings. The molecular formula is C17H19ClN2O2. The highest BCUT2D eigenvalue weighted by Crippen LogP contribution is 2.22. The number of amides is 2. The summed E-state index contributed by atoms with van der Waals surface area (Å²) in [6.07, 6.45) is 0. The van der Waals surface area contributed by atoms with Gasteiger partial charge in [-0.2, -0.15) is 0 Å². The second-order valence-electron chi connectivity index (χ2n) is 5.00. The van der Waals surface area contributed by atoms with Crippen LogP contribution in [0, 0.1) is 6.92 Å². The number of ether oxygens (including phenoxy) is 1. The lowest BCUT2D eigenvalue weighted by atomic mass is 10.2. The van der Waals surface area contributed by atoms with Crippen LogP contribution in [-0.2, 0) is 0 Å². The Kier molecular flexibility index (Phi) is 5.67. The number of likely N-dealkylation sites (N-methyl/N-ethyl adjacent to an activating group) is 1. The zero-order chi connectivity index (χ0) is 15.9. The van der Waals surface area contributed by atoms with Crippen molar-refractivity contribution in [2.24, 2.45) is 0 Å². The minimum Gasteiger partial charge on any atom is -0.492 e. The maximum Gasteiger partial charge on any atom is 0.321 e. The molecule has 0 aromatic heterocycles. The molecule has 4 nitrogen and oxygen atoms in total. The fourth-order valence-corrected chi connectivity index (χ4v) is 2.13. The average Bonchev–Trinajstić information content (AvgIpc) is 2.51. The van der Waals surface area contributed by atoms with E-state index in [-0.39, 0.29) is 6.03 Å². The van der Waals surface area contributed by atoms with Crippen LogP contribution in [0.1, 0.15) is 5.56 Å². The predicted octanol–water partition coefficient (Wildman–Crippen LogP) is 4.19. The van der Waals surface area contributed by atoms with Gasteiger partial charge in [-0.15, -0.1) is 0 Å². The Morgan fingerprint density at radius 3 is 2.64 bits per heavy atom. The van der Waals surface area contributed by atoms with Crippen LogP contribution in [0.4, 0.5) is 10.5 Å². The lowest BCUT2D eigenvalue weighted by Gasteiger charge is -2.18. The molecule has 0 fully saturated rings. The largest absolute Gasteiger partial charge is 0.492 e. The highest BCUT2D eigenvalue weighted by Gasteiger charge is 2.10. The zero-order valence-electron chi connectivity index (χ0n) is 12.7. The van der Waals surface area contributed by atoms with Crippen molar-refractivity contribution in [2.75, 3.05) is 25.5 Å². The number of rotatable bonds is 5. The van der Waals surface area contributed by atoms with Crippen LogP contribution in [0.15, 0.2) is 48.5 Å². The van der Waals surface area contributed by atoms with Gasteiger partial charge in [0.1, 0.15) is 12.4 Å². The molecule has 0 radical (unpaired) electrons. The van der Waals surface area contributed by atoms with E-state index >= 15 is 0 Å². The minimum absolute atomic E-state index is 0.220. The molecule has 2 amide bonds. The fraction of sp³-hybridized carbons (Fsp3) is 0.235. The molecule has 5 heteroatoms. The van der Waals surface area contributed by atoms with Gasteiger partial charge >= 0.3 is 6.03 Å². The van der Waals surface area contributed by atoms with E-state index < -0.39 is 0 Å². The van der Waals surface area contributed by atoms with Crippen molar-refractivity contribution in [1.29, 1.82) is 0 Å². The van der Waals surface area contributed by atoms with Crippen molar-refractivity contribution < 1.29 is 9.53 Å². The number of para-hydroxylation sites is 1. The van der Waals surface area contributed by atoms with Crippen molar-refractivity contribution in [3.8, 4) is 5.75 Å². The Morgan fingerprint density at radius 1 is 1.23 bits per heavy atom. The standard InChI is InChI=1S/C17H19ClN2O2/c1-13-8-9-16(15(18)12-13)19-17(21)20(2)10-11-22-14-6-4-3-5-7-14/h3-9,12H,10-11H2,1-2H3,(H,19,21). The van der Waals surface area contributed by atoms with E-state index in [1.165, 1.54) is 0 Å². The third kappa shape index (κ3) is 4.67. The van der Waals surface area contributed by atoms with Crippen molar-refractivity contribution >= 4 is 23.3 Å². The number of urea groups is 1. The molecule has 116 valence electrons. The highest BCUT2D eigenvalue weighted by atomic mass is 35.5. The fourth-order valence-electron chi connectivity index (χ4n) is 1.85. The molecular weight excluding hydrogens is 300 g/mol. The van der Waals surface area contributed by atoms with Gasteiger partial charge in [0.05, 0.1) is 17.3 Å². The monoisotopic (exact) mass is 318 g/mol. The van der Waals surface area contributed by atoms with Gasteiger partial charge in [0, 0.05) is 7.05 Å². The normalized spacial score (nSPS) is 10.1. The van der Waals surface area contributed by atoms with Gasteiger partial charge in [0.2, 0.25) is 0 Å². The lowest BCUT2D eigenvalue weighted by molar-refractivity contribution is 0.207. The summed E-state index contributed by atoms with van der Waals surface area (Å²) in [7, 11) is 1.71. The molecule has 0 aliphatic heterocycles. The summed E-state index contributed by atoms with van der Waals surface area (Å²) in [5.74, 6) is 0.790. The number of aryl methyl sites for hydroxylation is 1. The Bertz CT molecular complexity index is 632. The van der Waals surface area contributed by atoms with Gasteiger partial charge in [-0.25, -0.2) is 4.79 Å². The maximum atomic E-state index is 12.1. The van der Waals surface area contributed by atoms with Crippen molar-refractivity contribution in [3.05, 3.63) is 59.1 Å². The molecule has 0 bridgehead atoms. The van der Waals surface area contributed by atoms with E-state index in [0.717, 1.165) is 11.3 Å². The Hall–Kier alpha value is -2.20. The average molecular weight is 319 g/mol. The van der Waals surface area contributed by atoms with E-state index in [1.54, 1.807) is 18.0 Å². The molecule has 0 aliphatic carbocycles. The minimum atomic E-state index is -0.220. The first-order valence-corrected chi connectivity index (χ1v) is 7.40. The first-order chi connectivity index (χ1) is 10.6. The van der Waals surface area contributed by atoms with Crippen LogP contribution < -0.4 is 10.1 Å². The SMILES string of the molecule is Cc1ccc(NC(=O)N(C)CCOc2ccccc2)c(Cl)c1. The molecule has 0 spiro atoms. The number of nitrogens with zero attached hydrogens (tertiary/aromatic N) is 1. The third-order valence-corrected chi connectivity index (χ3v) is 3.46. The van der Waals surface area contributed by atoms with Crippen LogP contribution in [0.25, 0.3) is 0 Å². The van der Waals surface area contributed by atoms with E-state index in [9.17, 15) is 4.79 Å². The zero-order valence-corrected chi connectivity index (χ0v) is 13.4. The second-order valence-corrected chi connectivity index (χ2v) is 5.40. The van der Waals surface area contributed by atoms with Gasteiger partial charge in [0.15, 0.2) is 0 Å². The summed E-state index contributed by atoms with van der Waals surface area (Å²) in [6.45, 7) is 2.85. The van der Waals surface area contributed by atoms with E-state index in [4.69, 9.17) is 16.3 Å². The van der Waals surface area contributed by atoms with Gasteiger partial charge in [0.25, 0.3) is 0 Å². The number of halogens is 1. The molecule has 2 rings (SSSR count). The first kappa shape index (κ1) is 16.2. The number of nitrogens with one attached hydrogen (secondary N) is 1. The summed E-state index contributed by atoms with van der Waals surface area (Å²) in [5, 5.41) is 3.32. The lowest BCUT2D eigenvalue weighted by Crippen LogP contribution is -2.34. The second kappa shape index (κ2) is 7.71. The number of benzene rings is 2. The van der Waals surface area contributed by atoms with Crippen LogP contribution in [0.5, 0.6) is 5.75 Å². The van der Waals surface area contributed by atoms with Crippen molar-refractivity contribution in [3.63, 3.8) is 0 Å². The molecule has 0 saturated carbocycles. The number of carbonyl (C=O) groups excluding carboxylic acids is 1. The molecule has 22 heavy (non-hydrogen) atoms. The van der Waals surface area contributed by atoms with Gasteiger partial charge < -0.3 is 15.0 Å². The summed E-state index contributed by atoms with van der Waals surface area (Å²) in [6, 6.07) is 14.8. The van der Waals surface area contributed by atoms with E-state index in [1.807, 2.05) is 49.4 Å². The summed E-state index contributed by atoms with van der Waals surface area (Å²) < 4.78 is 5.57. The molecule has 2 aromatic rings. The molecule has 0 unspecified atom stereocenters. The molecule has 2 aromatic carbocycles. The quantitative estimate of drug-likeness (QED) is 0.898. The highest BCUT2D eigenvalue weighted by molar-refractivity contribution is 6.33. The predicted molar refractivity (Wildman–Crippen MR) is 89.8 cm³/mol. The van der Waals surface area contributed by atoms with E-state index in [2.05, 4.69) is 5.32 Å². The summed E-state index contributed by atoms with van der Waals surface area (Å²) in [4.78, 5) is 13.6.